The number of nitrogens with zero attached hydrogens (tertiary/aromatic N) is 2. The number of hydrogen-bond donors (Lipinski definition) is 0. The lowest BCUT2D eigenvalue weighted by molar-refractivity contribution is 0.157. The van der Waals surface area contributed by atoms with E-state index in [9.17, 15) is 0 Å². The molecular weight excluding hydrogens is 464 g/mol. The minimum atomic E-state index is 0.761. The first-order chi connectivity index (χ1) is 17.6. The van der Waals surface area contributed by atoms with Crippen LogP contribution in [0.5, 0.6) is 5.75 Å². The van der Waals surface area contributed by atoms with Crippen molar-refractivity contribution in [1.29, 1.82) is 0 Å². The minimum Gasteiger partial charge on any atom is -0.494 e. The molecule has 0 aromatic heterocycles. The van der Waals surface area contributed by atoms with Crippen LogP contribution in [0.15, 0.2) is 66.7 Å². The molecule has 1 saturated heterocycles. The summed E-state index contributed by atoms with van der Waals surface area (Å²) in [6.45, 7) is 9.52. The molecule has 2 heterocycles. The van der Waals surface area contributed by atoms with Crippen molar-refractivity contribution in [2.24, 2.45) is 5.92 Å². The van der Waals surface area contributed by atoms with Crippen LogP contribution < -0.4 is 4.74 Å². The molecule has 0 N–H and O–H groups in total. The van der Waals surface area contributed by atoms with Crippen LogP contribution in [0.25, 0.3) is 0 Å². The summed E-state index contributed by atoms with van der Waals surface area (Å²) >= 11 is 6.02. The lowest BCUT2D eigenvalue weighted by Crippen LogP contribution is -2.33. The molecule has 190 valence electrons. The lowest BCUT2D eigenvalue weighted by Gasteiger charge is -2.32. The van der Waals surface area contributed by atoms with Gasteiger partial charge in [-0.05, 0) is 111 Å². The maximum Gasteiger partial charge on any atom is 0.119 e. The molecule has 2 aliphatic heterocycles. The Balaban J connectivity index is 1.08. The van der Waals surface area contributed by atoms with E-state index in [-0.39, 0.29) is 0 Å². The number of rotatable bonds is 8. The van der Waals surface area contributed by atoms with E-state index in [4.69, 9.17) is 16.3 Å². The van der Waals surface area contributed by atoms with Gasteiger partial charge in [0.15, 0.2) is 0 Å². The predicted octanol–water partition coefficient (Wildman–Crippen LogP) is 7.28. The summed E-state index contributed by atoms with van der Waals surface area (Å²) in [6.07, 6.45) is 6.04. The summed E-state index contributed by atoms with van der Waals surface area (Å²) in [5, 5.41) is 0.812. The first-order valence-electron chi connectivity index (χ1n) is 13.6. The summed E-state index contributed by atoms with van der Waals surface area (Å²) in [6, 6.07) is 24.0. The number of halogens is 1. The standard InChI is InChI=1S/C32H39ClN2O/c1-25-4-2-5-28(20-25)23-35-16-3-6-29-9-12-32(21-30(29)24-35)36-19-15-26-13-17-34(18-14-26)22-27-7-10-31(33)11-8-27/h2,4-5,7-12,20-21,26H,3,6,13-19,22-24H2,1H3. The van der Waals surface area contributed by atoms with Crippen molar-refractivity contribution >= 4 is 11.6 Å². The molecule has 2 aliphatic rings. The molecule has 4 heteroatoms. The van der Waals surface area contributed by atoms with Gasteiger partial charge >= 0.3 is 0 Å². The van der Waals surface area contributed by atoms with Crippen LogP contribution in [0.4, 0.5) is 0 Å². The van der Waals surface area contributed by atoms with E-state index in [1.165, 1.54) is 60.2 Å². The Morgan fingerprint density at radius 1 is 0.833 bits per heavy atom. The highest BCUT2D eigenvalue weighted by atomic mass is 35.5. The number of ether oxygens (including phenoxy) is 1. The number of aryl methyl sites for hydroxylation is 2. The lowest BCUT2D eigenvalue weighted by atomic mass is 9.93. The fraction of sp³-hybridized carbons (Fsp3) is 0.438. The second-order valence-corrected chi connectivity index (χ2v) is 11.2. The SMILES string of the molecule is Cc1cccc(CN2CCCc3ccc(OCCC4CCN(Cc5ccc(Cl)cc5)CC4)cc3C2)c1. The maximum absolute atomic E-state index is 6.27. The minimum absolute atomic E-state index is 0.761. The van der Waals surface area contributed by atoms with Gasteiger partial charge in [0.25, 0.3) is 0 Å². The number of benzene rings is 3. The third-order valence-corrected chi connectivity index (χ3v) is 8.05. The molecule has 0 radical (unpaired) electrons. The van der Waals surface area contributed by atoms with E-state index < -0.39 is 0 Å². The number of piperidine rings is 1. The number of likely N-dealkylation sites (tertiary alicyclic amines) is 1. The summed E-state index contributed by atoms with van der Waals surface area (Å²) in [5.74, 6) is 1.79. The van der Waals surface area contributed by atoms with E-state index in [1.807, 2.05) is 12.1 Å². The quantitative estimate of drug-likeness (QED) is 0.322. The van der Waals surface area contributed by atoms with E-state index in [0.717, 1.165) is 62.3 Å². The smallest absolute Gasteiger partial charge is 0.119 e. The van der Waals surface area contributed by atoms with Crippen molar-refractivity contribution < 1.29 is 4.74 Å². The first kappa shape index (κ1) is 25.3. The van der Waals surface area contributed by atoms with Gasteiger partial charge in [0, 0.05) is 24.7 Å². The normalized spacial score (nSPS) is 17.5. The monoisotopic (exact) mass is 502 g/mol. The number of hydrogen-bond acceptors (Lipinski definition) is 3. The molecule has 0 bridgehead atoms. The van der Waals surface area contributed by atoms with Gasteiger partial charge in [-0.2, -0.15) is 0 Å². The Bertz CT molecular complexity index is 1120. The van der Waals surface area contributed by atoms with Crippen molar-refractivity contribution in [1.82, 2.24) is 9.80 Å². The van der Waals surface area contributed by atoms with Crippen molar-refractivity contribution in [2.75, 3.05) is 26.2 Å². The largest absolute Gasteiger partial charge is 0.494 e. The molecule has 36 heavy (non-hydrogen) atoms. The zero-order valence-corrected chi connectivity index (χ0v) is 22.4. The van der Waals surface area contributed by atoms with Crippen LogP contribution in [0.3, 0.4) is 0 Å². The third kappa shape index (κ3) is 7.12. The Morgan fingerprint density at radius 3 is 2.44 bits per heavy atom. The molecule has 1 fully saturated rings. The average molecular weight is 503 g/mol. The van der Waals surface area contributed by atoms with Crippen molar-refractivity contribution in [3.05, 3.63) is 99.6 Å². The van der Waals surface area contributed by atoms with Gasteiger partial charge in [0.1, 0.15) is 5.75 Å². The molecule has 0 amide bonds. The van der Waals surface area contributed by atoms with Crippen LogP contribution in [0.2, 0.25) is 5.02 Å². The van der Waals surface area contributed by atoms with Crippen LogP contribution in [-0.2, 0) is 26.1 Å². The summed E-state index contributed by atoms with van der Waals surface area (Å²) < 4.78 is 6.27. The fourth-order valence-corrected chi connectivity index (χ4v) is 5.85. The van der Waals surface area contributed by atoms with Gasteiger partial charge in [0.2, 0.25) is 0 Å². The van der Waals surface area contributed by atoms with E-state index in [2.05, 4.69) is 71.3 Å². The van der Waals surface area contributed by atoms with Crippen molar-refractivity contribution in [2.45, 2.75) is 58.7 Å². The van der Waals surface area contributed by atoms with Gasteiger partial charge in [-0.3, -0.25) is 9.80 Å². The van der Waals surface area contributed by atoms with Crippen LogP contribution in [-0.4, -0.2) is 36.0 Å². The fourth-order valence-electron chi connectivity index (χ4n) is 5.72. The maximum atomic E-state index is 6.27. The molecule has 3 aromatic rings. The van der Waals surface area contributed by atoms with Gasteiger partial charge in [-0.25, -0.2) is 0 Å². The van der Waals surface area contributed by atoms with E-state index in [0.29, 0.717) is 0 Å². The zero-order valence-electron chi connectivity index (χ0n) is 21.6. The molecule has 0 saturated carbocycles. The van der Waals surface area contributed by atoms with Crippen molar-refractivity contribution in [3.63, 3.8) is 0 Å². The first-order valence-corrected chi connectivity index (χ1v) is 14.0. The molecule has 5 rings (SSSR count). The van der Waals surface area contributed by atoms with Gasteiger partial charge in [-0.1, -0.05) is 59.6 Å². The van der Waals surface area contributed by atoms with Crippen LogP contribution in [0, 0.1) is 12.8 Å². The highest BCUT2D eigenvalue weighted by Gasteiger charge is 2.20. The molecule has 0 spiro atoms. The number of fused-ring (bicyclic) bond motifs is 1. The second-order valence-electron chi connectivity index (χ2n) is 10.7. The van der Waals surface area contributed by atoms with Crippen molar-refractivity contribution in [3.8, 4) is 5.75 Å². The highest BCUT2D eigenvalue weighted by Crippen LogP contribution is 2.26. The summed E-state index contributed by atoms with van der Waals surface area (Å²) in [4.78, 5) is 5.15. The highest BCUT2D eigenvalue weighted by molar-refractivity contribution is 6.30. The van der Waals surface area contributed by atoms with E-state index >= 15 is 0 Å². The molecule has 0 atom stereocenters. The van der Waals surface area contributed by atoms with Crippen LogP contribution >= 0.6 is 11.6 Å². The average Bonchev–Trinajstić information content (AvgIpc) is 3.08. The molecule has 0 unspecified atom stereocenters. The van der Waals surface area contributed by atoms with Crippen LogP contribution in [0.1, 0.15) is 53.5 Å². The molecular formula is C32H39ClN2O. The molecule has 0 aliphatic carbocycles. The summed E-state index contributed by atoms with van der Waals surface area (Å²) in [5.41, 5.74) is 7.02. The van der Waals surface area contributed by atoms with Gasteiger partial charge < -0.3 is 4.74 Å². The zero-order chi connectivity index (χ0) is 24.7. The van der Waals surface area contributed by atoms with E-state index in [1.54, 1.807) is 0 Å². The second kappa shape index (κ2) is 12.3. The molecule has 3 aromatic carbocycles. The topological polar surface area (TPSA) is 15.7 Å². The Labute approximate surface area is 222 Å². The molecule has 3 nitrogen and oxygen atoms in total. The Kier molecular flexibility index (Phi) is 8.63. The van der Waals surface area contributed by atoms with Gasteiger partial charge in [0.05, 0.1) is 6.61 Å². The third-order valence-electron chi connectivity index (χ3n) is 7.80. The Morgan fingerprint density at radius 2 is 1.64 bits per heavy atom. The Hall–Kier alpha value is -2.33. The van der Waals surface area contributed by atoms with Gasteiger partial charge in [-0.15, -0.1) is 0 Å². The summed E-state index contributed by atoms with van der Waals surface area (Å²) in [7, 11) is 0. The predicted molar refractivity (Wildman–Crippen MR) is 150 cm³/mol.